The quantitative estimate of drug-likeness (QED) is 0.852. The van der Waals surface area contributed by atoms with Crippen molar-refractivity contribution < 1.29 is 14.3 Å². The average molecular weight is 348 g/mol. The van der Waals surface area contributed by atoms with Crippen LogP contribution in [0.4, 0.5) is 4.39 Å². The fraction of sp³-hybridized carbons (Fsp3) is 0.0909. The predicted octanol–water partition coefficient (Wildman–Crippen LogP) is 3.89. The van der Waals surface area contributed by atoms with E-state index in [4.69, 9.17) is 5.11 Å². The number of hydrogen-bond donors (Lipinski definition) is 1. The van der Waals surface area contributed by atoms with E-state index >= 15 is 0 Å². The van der Waals surface area contributed by atoms with Crippen LogP contribution in [0.3, 0.4) is 0 Å². The van der Waals surface area contributed by atoms with E-state index in [9.17, 15) is 9.18 Å². The molecular weight excluding hydrogens is 341 g/mol. The van der Waals surface area contributed by atoms with Crippen molar-refractivity contribution in [2.24, 2.45) is 0 Å². The molecule has 3 nitrogen and oxygen atoms in total. The minimum absolute atomic E-state index is 0.0477. The van der Waals surface area contributed by atoms with Crippen molar-refractivity contribution in [3.8, 4) is 11.3 Å². The third-order valence-electron chi connectivity index (χ3n) is 2.01. The molecule has 0 bridgehead atoms. The van der Waals surface area contributed by atoms with Crippen molar-refractivity contribution in [3.05, 3.63) is 33.9 Å². The van der Waals surface area contributed by atoms with Gasteiger partial charge >= 0.3 is 5.97 Å². The molecule has 94 valence electrons. The Balaban J connectivity index is 2.23. The van der Waals surface area contributed by atoms with Crippen molar-refractivity contribution in [1.29, 1.82) is 0 Å². The van der Waals surface area contributed by atoms with Crippen LogP contribution in [0.2, 0.25) is 0 Å². The molecule has 18 heavy (non-hydrogen) atoms. The zero-order chi connectivity index (χ0) is 13.1. The number of carboxylic acid groups (broad SMARTS) is 1. The molecule has 0 unspecified atom stereocenters. The van der Waals surface area contributed by atoms with E-state index in [1.54, 1.807) is 17.5 Å². The summed E-state index contributed by atoms with van der Waals surface area (Å²) >= 11 is 5.71. The van der Waals surface area contributed by atoms with Gasteiger partial charge in [-0.2, -0.15) is 0 Å². The largest absolute Gasteiger partial charge is 0.481 e. The molecule has 1 N–H and O–H groups in total. The number of halogens is 2. The molecule has 0 fully saturated rings. The number of aromatic nitrogens is 1. The Labute approximate surface area is 119 Å². The third-order valence-corrected chi connectivity index (χ3v) is 4.51. The van der Waals surface area contributed by atoms with Crippen molar-refractivity contribution in [2.45, 2.75) is 4.34 Å². The first-order chi connectivity index (χ1) is 8.56. The standard InChI is InChI=1S/C11H7BrFNO2S2/c12-6-1-2-8(13)7(3-6)9-4-17-11(14-9)18-5-10(15)16/h1-4H,5H2,(H,15,16). The number of thioether (sulfide) groups is 1. The Morgan fingerprint density at radius 1 is 1.56 bits per heavy atom. The SMILES string of the molecule is O=C(O)CSc1nc(-c2cc(Br)ccc2F)cs1. The zero-order valence-corrected chi connectivity index (χ0v) is 12.1. The summed E-state index contributed by atoms with van der Waals surface area (Å²) in [5.41, 5.74) is 0.925. The molecule has 0 saturated carbocycles. The van der Waals surface area contributed by atoms with Gasteiger partial charge < -0.3 is 5.11 Å². The van der Waals surface area contributed by atoms with E-state index in [1.807, 2.05) is 0 Å². The van der Waals surface area contributed by atoms with Crippen LogP contribution in [-0.4, -0.2) is 21.8 Å². The molecule has 1 aromatic heterocycles. The zero-order valence-electron chi connectivity index (χ0n) is 8.89. The second kappa shape index (κ2) is 5.81. The van der Waals surface area contributed by atoms with Gasteiger partial charge in [-0.1, -0.05) is 27.7 Å². The molecule has 0 aliphatic heterocycles. The minimum atomic E-state index is -0.898. The monoisotopic (exact) mass is 347 g/mol. The lowest BCUT2D eigenvalue weighted by molar-refractivity contribution is -0.133. The molecule has 0 amide bonds. The van der Waals surface area contributed by atoms with Crippen LogP contribution in [-0.2, 0) is 4.79 Å². The molecule has 0 atom stereocenters. The van der Waals surface area contributed by atoms with E-state index in [2.05, 4.69) is 20.9 Å². The fourth-order valence-electron chi connectivity index (χ4n) is 1.26. The van der Waals surface area contributed by atoms with Gasteiger partial charge in [-0.25, -0.2) is 9.37 Å². The summed E-state index contributed by atoms with van der Waals surface area (Å²) in [7, 11) is 0. The molecule has 0 spiro atoms. The lowest BCUT2D eigenvalue weighted by atomic mass is 10.2. The molecule has 0 aliphatic carbocycles. The maximum Gasteiger partial charge on any atom is 0.313 e. The predicted molar refractivity (Wildman–Crippen MR) is 73.6 cm³/mol. The smallest absolute Gasteiger partial charge is 0.313 e. The summed E-state index contributed by atoms with van der Waals surface area (Å²) in [6.45, 7) is 0. The molecule has 2 rings (SSSR count). The molecule has 2 aromatic rings. The molecule has 0 saturated heterocycles. The summed E-state index contributed by atoms with van der Waals surface area (Å²) < 4.78 is 15.0. The highest BCUT2D eigenvalue weighted by Gasteiger charge is 2.11. The number of aliphatic carboxylic acids is 1. The second-order valence-corrected chi connectivity index (χ2v) is 6.30. The molecule has 7 heteroatoms. The summed E-state index contributed by atoms with van der Waals surface area (Å²) in [4.78, 5) is 14.6. The van der Waals surface area contributed by atoms with Crippen molar-refractivity contribution in [2.75, 3.05) is 5.75 Å². The number of hydrogen-bond acceptors (Lipinski definition) is 4. The Morgan fingerprint density at radius 2 is 2.33 bits per heavy atom. The van der Waals surface area contributed by atoms with Gasteiger partial charge in [-0.15, -0.1) is 11.3 Å². The minimum Gasteiger partial charge on any atom is -0.481 e. The Hall–Kier alpha value is -0.920. The van der Waals surface area contributed by atoms with Gasteiger partial charge in [0.15, 0.2) is 4.34 Å². The summed E-state index contributed by atoms with van der Waals surface area (Å²) in [6, 6.07) is 4.63. The van der Waals surface area contributed by atoms with Crippen LogP contribution < -0.4 is 0 Å². The molecule has 1 heterocycles. The molecule has 1 aromatic carbocycles. The van der Waals surface area contributed by atoms with Gasteiger partial charge in [0, 0.05) is 15.4 Å². The number of nitrogens with zero attached hydrogens (tertiary/aromatic N) is 1. The molecular formula is C11H7BrFNO2S2. The highest BCUT2D eigenvalue weighted by Crippen LogP contribution is 2.31. The first-order valence-electron chi connectivity index (χ1n) is 4.82. The van der Waals surface area contributed by atoms with Crippen LogP contribution in [0.15, 0.2) is 32.4 Å². The van der Waals surface area contributed by atoms with Gasteiger partial charge in [0.25, 0.3) is 0 Å². The van der Waals surface area contributed by atoms with Crippen molar-refractivity contribution in [3.63, 3.8) is 0 Å². The van der Waals surface area contributed by atoms with Crippen LogP contribution in [0.25, 0.3) is 11.3 Å². The lowest BCUT2D eigenvalue weighted by Crippen LogP contribution is -1.97. The third kappa shape index (κ3) is 3.30. The number of carbonyl (C=O) groups is 1. The van der Waals surface area contributed by atoms with Crippen LogP contribution in [0.5, 0.6) is 0 Å². The lowest BCUT2D eigenvalue weighted by Gasteiger charge is -1.99. The number of benzene rings is 1. The maximum absolute atomic E-state index is 13.6. The van der Waals surface area contributed by atoms with Gasteiger partial charge in [0.1, 0.15) is 5.82 Å². The highest BCUT2D eigenvalue weighted by molar-refractivity contribution is 9.10. The molecule has 0 aliphatic rings. The van der Waals surface area contributed by atoms with Gasteiger partial charge in [-0.3, -0.25) is 4.79 Å². The second-order valence-electron chi connectivity index (χ2n) is 3.31. The van der Waals surface area contributed by atoms with Crippen molar-refractivity contribution in [1.82, 2.24) is 4.98 Å². The van der Waals surface area contributed by atoms with Gasteiger partial charge in [0.2, 0.25) is 0 Å². The maximum atomic E-state index is 13.6. The summed E-state index contributed by atoms with van der Waals surface area (Å²) in [5.74, 6) is -1.29. The normalized spacial score (nSPS) is 10.6. The van der Waals surface area contributed by atoms with Crippen LogP contribution in [0, 0.1) is 5.82 Å². The first kappa shape index (κ1) is 13.5. The Morgan fingerprint density at radius 3 is 3.06 bits per heavy atom. The number of thiazole rings is 1. The first-order valence-corrected chi connectivity index (χ1v) is 7.47. The van der Waals surface area contributed by atoms with E-state index in [0.29, 0.717) is 15.6 Å². The van der Waals surface area contributed by atoms with E-state index in [1.165, 1.54) is 17.4 Å². The Bertz CT molecular complexity index is 588. The van der Waals surface area contributed by atoms with Gasteiger partial charge in [-0.05, 0) is 18.2 Å². The van der Waals surface area contributed by atoms with E-state index in [0.717, 1.165) is 16.2 Å². The average Bonchev–Trinajstić information content (AvgIpc) is 2.78. The number of rotatable bonds is 4. The summed E-state index contributed by atoms with van der Waals surface area (Å²) in [5, 5.41) is 10.3. The summed E-state index contributed by atoms with van der Waals surface area (Å²) in [6.07, 6.45) is 0. The van der Waals surface area contributed by atoms with Crippen LogP contribution >= 0.6 is 39.0 Å². The Kier molecular flexibility index (Phi) is 4.36. The van der Waals surface area contributed by atoms with E-state index < -0.39 is 5.97 Å². The molecule has 0 radical (unpaired) electrons. The fourth-order valence-corrected chi connectivity index (χ4v) is 3.17. The van der Waals surface area contributed by atoms with Crippen molar-refractivity contribution >= 4 is 45.0 Å². The van der Waals surface area contributed by atoms with Crippen LogP contribution in [0.1, 0.15) is 0 Å². The van der Waals surface area contributed by atoms with Gasteiger partial charge in [0.05, 0.1) is 11.4 Å². The van der Waals surface area contributed by atoms with E-state index in [-0.39, 0.29) is 11.6 Å². The number of carboxylic acids is 1. The topological polar surface area (TPSA) is 50.2 Å². The highest BCUT2D eigenvalue weighted by atomic mass is 79.9.